The van der Waals surface area contributed by atoms with Crippen LogP contribution in [0.2, 0.25) is 0 Å². The van der Waals surface area contributed by atoms with Crippen molar-refractivity contribution in [1.82, 2.24) is 0 Å². The Morgan fingerprint density at radius 2 is 2.35 bits per heavy atom. The number of hydrogen-bond acceptors (Lipinski definition) is 5. The van der Waals surface area contributed by atoms with Crippen LogP contribution in [0.15, 0.2) is 18.2 Å². The highest BCUT2D eigenvalue weighted by Gasteiger charge is 2.18. The van der Waals surface area contributed by atoms with E-state index in [9.17, 15) is 10.1 Å². The van der Waals surface area contributed by atoms with Crippen molar-refractivity contribution in [2.45, 2.75) is 19.4 Å². The molecule has 17 heavy (non-hydrogen) atoms. The number of nitrogens with zero attached hydrogens (tertiary/aromatic N) is 2. The van der Waals surface area contributed by atoms with E-state index < -0.39 is 4.92 Å². The van der Waals surface area contributed by atoms with E-state index in [1.54, 1.807) is 12.1 Å². The van der Waals surface area contributed by atoms with Gasteiger partial charge in [0.15, 0.2) is 0 Å². The summed E-state index contributed by atoms with van der Waals surface area (Å²) in [6, 6.07) is 6.46. The zero-order valence-electron chi connectivity index (χ0n) is 9.51. The first-order valence-corrected chi connectivity index (χ1v) is 5.23. The summed E-state index contributed by atoms with van der Waals surface area (Å²) >= 11 is 0. The minimum atomic E-state index is -0.549. The average Bonchev–Trinajstić information content (AvgIpc) is 2.27. The maximum absolute atomic E-state index is 10.9. The van der Waals surface area contributed by atoms with Gasteiger partial charge in [-0.05, 0) is 25.5 Å². The number of benzene rings is 1. The molecule has 1 rings (SSSR count). The molecule has 6 nitrogen and oxygen atoms in total. The lowest BCUT2D eigenvalue weighted by atomic mass is 10.1. The molecule has 0 heterocycles. The lowest BCUT2D eigenvalue weighted by molar-refractivity contribution is -0.384. The van der Waals surface area contributed by atoms with Crippen molar-refractivity contribution in [3.05, 3.63) is 33.9 Å². The van der Waals surface area contributed by atoms with Gasteiger partial charge in [-0.1, -0.05) is 6.07 Å². The van der Waals surface area contributed by atoms with Gasteiger partial charge >= 0.3 is 5.69 Å². The molecule has 0 aliphatic heterocycles. The normalized spacial score (nSPS) is 11.6. The number of nitro benzene ring substituents is 1. The molecule has 0 aliphatic rings. The molecular formula is C11H14N4O2. The topological polar surface area (TPSA) is 105 Å². The first-order chi connectivity index (χ1) is 8.06. The zero-order valence-corrected chi connectivity index (χ0v) is 9.51. The summed E-state index contributed by atoms with van der Waals surface area (Å²) in [7, 11) is 0. The lowest BCUT2D eigenvalue weighted by Gasteiger charge is -2.09. The molecule has 0 aliphatic carbocycles. The molecule has 1 aromatic carbocycles. The molecule has 0 saturated heterocycles. The van der Waals surface area contributed by atoms with Gasteiger partial charge < -0.3 is 11.1 Å². The minimum absolute atomic E-state index is 0.0284. The van der Waals surface area contributed by atoms with E-state index in [-0.39, 0.29) is 17.3 Å². The third-order valence-electron chi connectivity index (χ3n) is 2.25. The van der Waals surface area contributed by atoms with Crippen LogP contribution in [0.25, 0.3) is 0 Å². The predicted octanol–water partition coefficient (Wildman–Crippen LogP) is 1.62. The predicted molar refractivity (Wildman–Crippen MR) is 64.6 cm³/mol. The Balaban J connectivity index is 2.92. The van der Waals surface area contributed by atoms with Gasteiger partial charge in [-0.2, -0.15) is 5.26 Å². The summed E-state index contributed by atoms with van der Waals surface area (Å²) < 4.78 is 0. The first kappa shape index (κ1) is 12.9. The highest BCUT2D eigenvalue weighted by atomic mass is 16.6. The van der Waals surface area contributed by atoms with Crippen LogP contribution in [-0.2, 0) is 0 Å². The fourth-order valence-electron chi connectivity index (χ4n) is 1.41. The number of para-hydroxylation sites is 1. The van der Waals surface area contributed by atoms with Gasteiger partial charge in [0.1, 0.15) is 17.3 Å². The van der Waals surface area contributed by atoms with Crippen molar-refractivity contribution in [3.8, 4) is 6.07 Å². The summed E-state index contributed by atoms with van der Waals surface area (Å²) in [6.45, 7) is 2.40. The molecule has 0 aromatic heterocycles. The van der Waals surface area contributed by atoms with Crippen LogP contribution in [0.4, 0.5) is 11.4 Å². The Bertz CT molecular complexity index is 451. The van der Waals surface area contributed by atoms with E-state index in [1.165, 1.54) is 6.07 Å². The Hall–Kier alpha value is -2.13. The molecule has 1 unspecified atom stereocenters. The van der Waals surface area contributed by atoms with Gasteiger partial charge in [-0.25, -0.2) is 0 Å². The van der Waals surface area contributed by atoms with Crippen LogP contribution in [0.3, 0.4) is 0 Å². The number of anilines is 1. The summed E-state index contributed by atoms with van der Waals surface area (Å²) in [5.74, 6) is 0. The first-order valence-electron chi connectivity index (χ1n) is 5.23. The summed E-state index contributed by atoms with van der Waals surface area (Å²) in [6.07, 6.45) is 0.702. The molecule has 0 bridgehead atoms. The van der Waals surface area contributed by atoms with Crippen LogP contribution in [-0.4, -0.2) is 17.5 Å². The van der Waals surface area contributed by atoms with Crippen molar-refractivity contribution in [1.29, 1.82) is 5.26 Å². The van der Waals surface area contributed by atoms with Gasteiger partial charge in [0, 0.05) is 12.6 Å². The second-order valence-electron chi connectivity index (χ2n) is 3.76. The van der Waals surface area contributed by atoms with Crippen LogP contribution in [0.5, 0.6) is 0 Å². The fraction of sp³-hybridized carbons (Fsp3) is 0.364. The van der Waals surface area contributed by atoms with E-state index in [0.29, 0.717) is 18.7 Å². The zero-order chi connectivity index (χ0) is 12.8. The summed E-state index contributed by atoms with van der Waals surface area (Å²) in [5.41, 5.74) is 5.82. The standard InChI is InChI=1S/C11H14N4O2/c1-8(13)5-6-14-10-4-2-3-9(7-12)11(10)15(16)17/h2-4,8,14H,5-6,13H2,1H3. The second kappa shape index (κ2) is 5.82. The van der Waals surface area contributed by atoms with Crippen molar-refractivity contribution >= 4 is 11.4 Å². The van der Waals surface area contributed by atoms with Crippen LogP contribution < -0.4 is 11.1 Å². The van der Waals surface area contributed by atoms with Crippen molar-refractivity contribution < 1.29 is 4.92 Å². The Morgan fingerprint density at radius 1 is 1.65 bits per heavy atom. The monoisotopic (exact) mass is 234 g/mol. The van der Waals surface area contributed by atoms with Crippen molar-refractivity contribution in [2.24, 2.45) is 5.73 Å². The molecule has 3 N–H and O–H groups in total. The van der Waals surface area contributed by atoms with E-state index in [4.69, 9.17) is 11.0 Å². The van der Waals surface area contributed by atoms with Crippen molar-refractivity contribution in [2.75, 3.05) is 11.9 Å². The quantitative estimate of drug-likeness (QED) is 0.594. The molecule has 1 atom stereocenters. The molecular weight excluding hydrogens is 220 g/mol. The van der Waals surface area contributed by atoms with Gasteiger partial charge in [0.2, 0.25) is 0 Å². The molecule has 1 aromatic rings. The average molecular weight is 234 g/mol. The smallest absolute Gasteiger partial charge is 0.309 e. The molecule has 0 radical (unpaired) electrons. The maximum Gasteiger partial charge on any atom is 0.309 e. The van der Waals surface area contributed by atoms with Crippen LogP contribution >= 0.6 is 0 Å². The number of nitriles is 1. The van der Waals surface area contributed by atoms with E-state index in [1.807, 2.05) is 13.0 Å². The van der Waals surface area contributed by atoms with E-state index in [0.717, 1.165) is 0 Å². The molecule has 0 amide bonds. The third-order valence-corrected chi connectivity index (χ3v) is 2.25. The van der Waals surface area contributed by atoms with Crippen LogP contribution in [0, 0.1) is 21.4 Å². The highest BCUT2D eigenvalue weighted by molar-refractivity contribution is 5.68. The molecule has 90 valence electrons. The largest absolute Gasteiger partial charge is 0.379 e. The number of rotatable bonds is 5. The van der Waals surface area contributed by atoms with Gasteiger partial charge in [-0.15, -0.1) is 0 Å². The number of hydrogen-bond donors (Lipinski definition) is 2. The number of nitrogens with two attached hydrogens (primary N) is 1. The Kier molecular flexibility index (Phi) is 4.43. The van der Waals surface area contributed by atoms with Gasteiger partial charge in [0.05, 0.1) is 4.92 Å². The minimum Gasteiger partial charge on any atom is -0.379 e. The van der Waals surface area contributed by atoms with Gasteiger partial charge in [0.25, 0.3) is 0 Å². The molecule has 0 spiro atoms. The van der Waals surface area contributed by atoms with Gasteiger partial charge in [-0.3, -0.25) is 10.1 Å². The molecule has 0 fully saturated rings. The third kappa shape index (κ3) is 3.43. The SMILES string of the molecule is CC(N)CCNc1cccc(C#N)c1[N+](=O)[O-]. The van der Waals surface area contributed by atoms with Crippen LogP contribution in [0.1, 0.15) is 18.9 Å². The number of nitrogens with one attached hydrogen (secondary N) is 1. The lowest BCUT2D eigenvalue weighted by Crippen LogP contribution is -2.19. The van der Waals surface area contributed by atoms with E-state index >= 15 is 0 Å². The highest BCUT2D eigenvalue weighted by Crippen LogP contribution is 2.27. The summed E-state index contributed by atoms with van der Waals surface area (Å²) in [5, 5.41) is 22.6. The Labute approximate surface area is 99.2 Å². The summed E-state index contributed by atoms with van der Waals surface area (Å²) in [4.78, 5) is 10.3. The fourth-order valence-corrected chi connectivity index (χ4v) is 1.41. The number of nitro groups is 1. The molecule has 6 heteroatoms. The Morgan fingerprint density at radius 3 is 2.88 bits per heavy atom. The second-order valence-corrected chi connectivity index (χ2v) is 3.76. The van der Waals surface area contributed by atoms with E-state index in [2.05, 4.69) is 5.32 Å². The molecule has 0 saturated carbocycles. The maximum atomic E-state index is 10.9. The van der Waals surface area contributed by atoms with Crippen molar-refractivity contribution in [3.63, 3.8) is 0 Å².